The molecule has 1 saturated heterocycles. The van der Waals surface area contributed by atoms with Crippen molar-refractivity contribution >= 4 is 86.1 Å². The van der Waals surface area contributed by atoms with Crippen LogP contribution in [0.15, 0.2) is 40.8 Å². The molecule has 0 aliphatic carbocycles. The minimum atomic E-state index is -1.41. The van der Waals surface area contributed by atoms with Gasteiger partial charge in [0.15, 0.2) is 23.6 Å². The Kier molecular flexibility index (Phi) is 8.22. The number of amides is 2. The van der Waals surface area contributed by atoms with Crippen LogP contribution in [-0.4, -0.2) is 77.4 Å². The second-order valence-electron chi connectivity index (χ2n) is 9.54. The fourth-order valence-corrected chi connectivity index (χ4v) is 7.10. The third kappa shape index (κ3) is 5.46. The molecule has 0 aromatic carbocycles. The first-order valence-electron chi connectivity index (χ1n) is 12.8. The Morgan fingerprint density at radius 3 is 2.72 bits per heavy atom. The first-order chi connectivity index (χ1) is 20.4. The van der Waals surface area contributed by atoms with E-state index in [0.29, 0.717) is 17.9 Å². The lowest BCUT2D eigenvalue weighted by molar-refractivity contribution is -0.663. The van der Waals surface area contributed by atoms with Gasteiger partial charge in [0.1, 0.15) is 38.5 Å². The van der Waals surface area contributed by atoms with Gasteiger partial charge >= 0.3 is 11.9 Å². The SMILES string of the molecule is CCn1c(N)cc2c1ccc[n+]2CC1=C(C(=O)O)N2C(=O)[C@@H](NC(=O)C(=NO[C@@H](C)C(=O)O)c3nc(N)sc3Cl)C2SC1. The molecule has 3 aromatic heterocycles. The van der Waals surface area contributed by atoms with Crippen LogP contribution in [0.4, 0.5) is 10.9 Å². The topological polar surface area (TPSA) is 219 Å². The highest BCUT2D eigenvalue weighted by Crippen LogP contribution is 2.40. The van der Waals surface area contributed by atoms with Gasteiger partial charge in [-0.25, -0.2) is 14.6 Å². The van der Waals surface area contributed by atoms with Crippen molar-refractivity contribution in [2.75, 3.05) is 17.2 Å². The quantitative estimate of drug-likeness (QED) is 0.0897. The first kappa shape index (κ1) is 30.1. The third-order valence-electron chi connectivity index (χ3n) is 6.88. The average Bonchev–Trinajstić information content (AvgIpc) is 3.47. The van der Waals surface area contributed by atoms with Gasteiger partial charge in [-0.3, -0.25) is 14.5 Å². The number of nitrogens with zero attached hydrogens (tertiary/aromatic N) is 5. The largest absolute Gasteiger partial charge is 0.478 e. The number of anilines is 2. The maximum atomic E-state index is 13.3. The fourth-order valence-electron chi connectivity index (χ4n) is 4.84. The van der Waals surface area contributed by atoms with Gasteiger partial charge in [0, 0.05) is 23.9 Å². The van der Waals surface area contributed by atoms with E-state index < -0.39 is 47.0 Å². The lowest BCUT2D eigenvalue weighted by Gasteiger charge is -2.49. The molecular formula is C25H26ClN8O7S2+. The number of thiazole rings is 1. The summed E-state index contributed by atoms with van der Waals surface area (Å²) in [5, 5.41) is 24.7. The van der Waals surface area contributed by atoms with Gasteiger partial charge in [0.05, 0.1) is 6.07 Å². The molecule has 3 atom stereocenters. The van der Waals surface area contributed by atoms with E-state index in [0.717, 1.165) is 27.3 Å². The Morgan fingerprint density at radius 1 is 1.35 bits per heavy atom. The second-order valence-corrected chi connectivity index (χ2v) is 12.3. The van der Waals surface area contributed by atoms with E-state index in [-0.39, 0.29) is 33.2 Å². The highest BCUT2D eigenvalue weighted by molar-refractivity contribution is 8.00. The van der Waals surface area contributed by atoms with E-state index in [1.165, 1.54) is 18.7 Å². The minimum Gasteiger partial charge on any atom is -0.478 e. The third-order valence-corrected chi connectivity index (χ3v) is 9.31. The summed E-state index contributed by atoms with van der Waals surface area (Å²) < 4.78 is 3.81. The standard InChI is InChI=1S/C25H25ClN8O7S2/c1-3-33-12-5-4-6-32(13(12)7-14(33)27)8-11-9-42-22-17(21(36)34(22)18(11)24(39)40)29-20(35)16(31-41-10(2)23(37)38)15-19(26)43-25(28)30-15/h4-7,10,17,22,27H,3,8-9H2,1-2H3,(H5,28,29,30,35,37,38,39,40)/p+1/t10-,17+,22?/m0/s1. The number of β-lactam (4-membered cyclic amide) rings is 1. The molecule has 2 amide bonds. The number of oxime groups is 1. The fraction of sp³-hybridized carbons (Fsp3) is 0.320. The van der Waals surface area contributed by atoms with E-state index in [4.69, 9.17) is 33.0 Å². The highest BCUT2D eigenvalue weighted by Gasteiger charge is 2.55. The summed E-state index contributed by atoms with van der Waals surface area (Å²) >= 11 is 8.31. The number of nitrogens with two attached hydrogens (primary N) is 2. The van der Waals surface area contributed by atoms with Gasteiger partial charge in [0.2, 0.25) is 11.6 Å². The number of nitrogens with one attached hydrogen (secondary N) is 1. The lowest BCUT2D eigenvalue weighted by atomic mass is 10.0. The summed E-state index contributed by atoms with van der Waals surface area (Å²) in [5.41, 5.74) is 13.3. The zero-order chi connectivity index (χ0) is 31.2. The number of carboxylic acid groups (broad SMARTS) is 2. The zero-order valence-corrected chi connectivity index (χ0v) is 25.1. The van der Waals surface area contributed by atoms with E-state index in [1.807, 2.05) is 40.5 Å². The van der Waals surface area contributed by atoms with Gasteiger partial charge in [-0.2, -0.15) is 4.57 Å². The molecule has 3 aromatic rings. The van der Waals surface area contributed by atoms with Crippen molar-refractivity contribution in [3.05, 3.63) is 45.7 Å². The summed E-state index contributed by atoms with van der Waals surface area (Å²) in [6, 6.07) is 4.48. The molecule has 15 nitrogen and oxygen atoms in total. The van der Waals surface area contributed by atoms with E-state index >= 15 is 0 Å². The lowest BCUT2D eigenvalue weighted by Crippen LogP contribution is -2.71. The molecule has 5 rings (SSSR count). The average molecular weight is 650 g/mol. The van der Waals surface area contributed by atoms with Crippen LogP contribution in [0.5, 0.6) is 0 Å². The number of fused-ring (bicyclic) bond motifs is 2. The molecule has 0 radical (unpaired) electrons. The summed E-state index contributed by atoms with van der Waals surface area (Å²) in [4.78, 5) is 60.2. The summed E-state index contributed by atoms with van der Waals surface area (Å²) in [6.45, 7) is 4.04. The number of carbonyl (C=O) groups excluding carboxylic acids is 2. The molecule has 1 fully saturated rings. The van der Waals surface area contributed by atoms with Gasteiger partial charge in [-0.05, 0) is 19.9 Å². The Labute approximate surface area is 256 Å². The number of hydrogen-bond acceptors (Lipinski definition) is 11. The molecule has 18 heteroatoms. The Morgan fingerprint density at radius 2 is 2.09 bits per heavy atom. The number of carboxylic acids is 2. The second kappa shape index (κ2) is 11.7. The molecule has 43 heavy (non-hydrogen) atoms. The predicted octanol–water partition coefficient (Wildman–Crippen LogP) is 0.856. The van der Waals surface area contributed by atoms with Gasteiger partial charge in [-0.1, -0.05) is 28.1 Å². The van der Waals surface area contributed by atoms with Gasteiger partial charge < -0.3 is 36.4 Å². The summed E-state index contributed by atoms with van der Waals surface area (Å²) in [7, 11) is 0. The van der Waals surface area contributed by atoms with Crippen LogP contribution < -0.4 is 21.4 Å². The van der Waals surface area contributed by atoms with Crippen LogP contribution in [0.1, 0.15) is 19.5 Å². The maximum Gasteiger partial charge on any atom is 0.352 e. The number of rotatable bonds is 10. The molecule has 226 valence electrons. The molecule has 2 aliphatic heterocycles. The molecule has 0 spiro atoms. The van der Waals surface area contributed by atoms with Crippen molar-refractivity contribution in [3.63, 3.8) is 0 Å². The van der Waals surface area contributed by atoms with Gasteiger partial charge in [0.25, 0.3) is 11.8 Å². The number of aliphatic carboxylic acids is 2. The number of carbonyl (C=O) groups is 4. The van der Waals surface area contributed by atoms with Crippen LogP contribution in [0.3, 0.4) is 0 Å². The normalized spacial score (nSPS) is 19.2. The molecular weight excluding hydrogens is 624 g/mol. The van der Waals surface area contributed by atoms with Crippen LogP contribution in [-0.2, 0) is 37.1 Å². The molecule has 7 N–H and O–H groups in total. The molecule has 1 unspecified atom stereocenters. The van der Waals surface area contributed by atoms with Crippen molar-refractivity contribution in [3.8, 4) is 0 Å². The number of hydrogen-bond donors (Lipinski definition) is 5. The number of aromatic nitrogens is 3. The number of pyridine rings is 1. The molecule has 0 bridgehead atoms. The van der Waals surface area contributed by atoms with Crippen molar-refractivity contribution in [2.24, 2.45) is 5.16 Å². The molecule has 5 heterocycles. The van der Waals surface area contributed by atoms with Gasteiger partial charge in [-0.15, -0.1) is 11.8 Å². The Bertz CT molecular complexity index is 1740. The summed E-state index contributed by atoms with van der Waals surface area (Å²) in [5.74, 6) is -3.35. The highest BCUT2D eigenvalue weighted by atomic mass is 35.5. The predicted molar refractivity (Wildman–Crippen MR) is 158 cm³/mol. The van der Waals surface area contributed by atoms with Crippen molar-refractivity contribution < 1.29 is 38.8 Å². The van der Waals surface area contributed by atoms with Crippen LogP contribution in [0.2, 0.25) is 4.34 Å². The van der Waals surface area contributed by atoms with E-state index in [9.17, 15) is 24.3 Å². The number of nitrogen functional groups attached to an aromatic ring is 2. The monoisotopic (exact) mass is 649 g/mol. The Hall–Kier alpha value is -4.35. The van der Waals surface area contributed by atoms with Crippen molar-refractivity contribution in [1.29, 1.82) is 0 Å². The van der Waals surface area contributed by atoms with Crippen LogP contribution in [0.25, 0.3) is 11.0 Å². The van der Waals surface area contributed by atoms with E-state index in [2.05, 4.69) is 15.5 Å². The molecule has 0 saturated carbocycles. The van der Waals surface area contributed by atoms with Crippen molar-refractivity contribution in [2.45, 2.75) is 44.5 Å². The van der Waals surface area contributed by atoms with Crippen LogP contribution >= 0.6 is 34.7 Å². The number of aryl methyl sites for hydroxylation is 1. The maximum absolute atomic E-state index is 13.3. The van der Waals surface area contributed by atoms with Crippen molar-refractivity contribution in [1.82, 2.24) is 19.8 Å². The minimum absolute atomic E-state index is 0.00382. The number of thioether (sulfide) groups is 1. The van der Waals surface area contributed by atoms with Crippen LogP contribution in [0, 0.1) is 0 Å². The number of halogens is 1. The van der Waals surface area contributed by atoms with E-state index in [1.54, 1.807) is 0 Å². The first-order valence-corrected chi connectivity index (χ1v) is 15.0. The zero-order valence-electron chi connectivity index (χ0n) is 22.7. The smallest absolute Gasteiger partial charge is 0.352 e. The Balaban J connectivity index is 1.40. The molecule has 2 aliphatic rings. The summed E-state index contributed by atoms with van der Waals surface area (Å²) in [6.07, 6.45) is 0.408.